The second kappa shape index (κ2) is 10.5. The van der Waals surface area contributed by atoms with E-state index in [0.717, 1.165) is 31.4 Å². The summed E-state index contributed by atoms with van der Waals surface area (Å²) in [6.45, 7) is 2.78. The van der Waals surface area contributed by atoms with E-state index >= 15 is 0 Å². The van der Waals surface area contributed by atoms with Crippen LogP contribution >= 0.6 is 0 Å². The van der Waals surface area contributed by atoms with Crippen molar-refractivity contribution in [2.45, 2.75) is 63.2 Å². The number of nitrogens with one attached hydrogen (secondary N) is 3. The number of rotatable bonds is 8. The fourth-order valence-corrected chi connectivity index (χ4v) is 4.19. The summed E-state index contributed by atoms with van der Waals surface area (Å²) in [6, 6.07) is 7.72. The SMILES string of the molecule is CC(NC(=O)[C@@H]1CCCN1)C(=O)N1CCC[C@H]1C(=O)N[C@H](CO)Cc1ccccc1. The van der Waals surface area contributed by atoms with Gasteiger partial charge in [0.25, 0.3) is 0 Å². The van der Waals surface area contributed by atoms with Crippen molar-refractivity contribution in [2.24, 2.45) is 0 Å². The van der Waals surface area contributed by atoms with E-state index in [1.165, 1.54) is 0 Å². The first kappa shape index (κ1) is 22.2. The number of amides is 3. The van der Waals surface area contributed by atoms with Gasteiger partial charge in [0.1, 0.15) is 12.1 Å². The van der Waals surface area contributed by atoms with Gasteiger partial charge < -0.3 is 26.0 Å². The van der Waals surface area contributed by atoms with Gasteiger partial charge in [-0.2, -0.15) is 0 Å². The first-order valence-corrected chi connectivity index (χ1v) is 10.8. The normalized spacial score (nSPS) is 23.1. The first-order chi connectivity index (χ1) is 14.5. The van der Waals surface area contributed by atoms with E-state index in [0.29, 0.717) is 19.4 Å². The maximum Gasteiger partial charge on any atom is 0.245 e. The summed E-state index contributed by atoms with van der Waals surface area (Å²) in [5.74, 6) is -0.675. The molecule has 0 bridgehead atoms. The molecule has 0 saturated carbocycles. The highest BCUT2D eigenvalue weighted by Gasteiger charge is 2.37. The summed E-state index contributed by atoms with van der Waals surface area (Å²) in [6.07, 6.45) is 3.54. The predicted octanol–water partition coefficient (Wildman–Crippen LogP) is -0.0461. The quantitative estimate of drug-likeness (QED) is 0.475. The highest BCUT2D eigenvalue weighted by molar-refractivity contribution is 5.93. The molecule has 3 rings (SSSR count). The lowest BCUT2D eigenvalue weighted by Gasteiger charge is -2.29. The van der Waals surface area contributed by atoms with Gasteiger partial charge in [-0.15, -0.1) is 0 Å². The lowest BCUT2D eigenvalue weighted by molar-refractivity contribution is -0.141. The number of benzene rings is 1. The maximum absolute atomic E-state index is 12.9. The average molecular weight is 417 g/mol. The standard InChI is InChI=1S/C22H32N4O4/c1-15(24-20(28)18-9-5-11-23-18)22(30)26-12-6-10-19(26)21(29)25-17(14-27)13-16-7-3-2-4-8-16/h2-4,7-8,15,17-19,23,27H,5-6,9-14H2,1H3,(H,24,28)(H,25,29)/t15?,17-,18-,19-/m0/s1. The fraction of sp³-hybridized carbons (Fsp3) is 0.591. The van der Waals surface area contributed by atoms with Gasteiger partial charge in [0.2, 0.25) is 17.7 Å². The van der Waals surface area contributed by atoms with Crippen molar-refractivity contribution in [3.05, 3.63) is 35.9 Å². The molecule has 0 aromatic heterocycles. The summed E-state index contributed by atoms with van der Waals surface area (Å²) >= 11 is 0. The molecule has 0 spiro atoms. The van der Waals surface area contributed by atoms with Gasteiger partial charge in [0, 0.05) is 6.54 Å². The molecule has 164 valence electrons. The third kappa shape index (κ3) is 5.58. The highest BCUT2D eigenvalue weighted by Crippen LogP contribution is 2.19. The number of carbonyl (C=O) groups excluding carboxylic acids is 3. The van der Waals surface area contributed by atoms with Crippen LogP contribution in [0.5, 0.6) is 0 Å². The summed E-state index contributed by atoms with van der Waals surface area (Å²) in [4.78, 5) is 39.6. The third-order valence-corrected chi connectivity index (χ3v) is 5.84. The third-order valence-electron chi connectivity index (χ3n) is 5.84. The topological polar surface area (TPSA) is 111 Å². The van der Waals surface area contributed by atoms with Gasteiger partial charge in [-0.1, -0.05) is 30.3 Å². The zero-order chi connectivity index (χ0) is 21.5. The number of hydrogen-bond acceptors (Lipinski definition) is 5. The van der Waals surface area contributed by atoms with E-state index in [4.69, 9.17) is 0 Å². The lowest BCUT2D eigenvalue weighted by Crippen LogP contribution is -2.55. The molecular weight excluding hydrogens is 384 g/mol. The Bertz CT molecular complexity index is 736. The van der Waals surface area contributed by atoms with Gasteiger partial charge in [-0.25, -0.2) is 0 Å². The molecule has 4 N–H and O–H groups in total. The molecule has 1 aromatic carbocycles. The van der Waals surface area contributed by atoms with E-state index in [9.17, 15) is 19.5 Å². The van der Waals surface area contributed by atoms with Crippen LogP contribution < -0.4 is 16.0 Å². The Balaban J connectivity index is 1.55. The zero-order valence-corrected chi connectivity index (χ0v) is 17.5. The summed E-state index contributed by atoms with van der Waals surface area (Å²) in [7, 11) is 0. The number of hydrogen-bond donors (Lipinski definition) is 4. The summed E-state index contributed by atoms with van der Waals surface area (Å²) in [5, 5.41) is 18.5. The minimum absolute atomic E-state index is 0.170. The number of aliphatic hydroxyl groups excluding tert-OH is 1. The molecule has 1 unspecified atom stereocenters. The molecule has 8 heteroatoms. The molecule has 30 heavy (non-hydrogen) atoms. The molecule has 2 aliphatic rings. The Morgan fingerprint density at radius 1 is 1.13 bits per heavy atom. The number of aliphatic hydroxyl groups is 1. The van der Waals surface area contributed by atoms with Gasteiger partial charge in [0.05, 0.1) is 18.7 Å². The van der Waals surface area contributed by atoms with Crippen LogP contribution in [-0.2, 0) is 20.8 Å². The molecule has 0 radical (unpaired) electrons. The van der Waals surface area contributed by atoms with Crippen LogP contribution in [0.4, 0.5) is 0 Å². The first-order valence-electron chi connectivity index (χ1n) is 10.8. The second-order valence-electron chi connectivity index (χ2n) is 8.15. The largest absolute Gasteiger partial charge is 0.394 e. The Morgan fingerprint density at radius 3 is 2.57 bits per heavy atom. The molecule has 3 amide bonds. The van der Waals surface area contributed by atoms with Crippen molar-refractivity contribution in [2.75, 3.05) is 19.7 Å². The van der Waals surface area contributed by atoms with Gasteiger partial charge in [-0.05, 0) is 51.1 Å². The van der Waals surface area contributed by atoms with Crippen molar-refractivity contribution in [3.8, 4) is 0 Å². The van der Waals surface area contributed by atoms with Crippen LogP contribution in [0.25, 0.3) is 0 Å². The highest BCUT2D eigenvalue weighted by atomic mass is 16.3. The molecule has 1 aromatic rings. The molecular formula is C22H32N4O4. The van der Waals surface area contributed by atoms with Crippen LogP contribution in [0.1, 0.15) is 38.2 Å². The van der Waals surface area contributed by atoms with Crippen LogP contribution in [-0.4, -0.2) is 71.6 Å². The fourth-order valence-electron chi connectivity index (χ4n) is 4.19. The van der Waals surface area contributed by atoms with Crippen molar-refractivity contribution in [3.63, 3.8) is 0 Å². The van der Waals surface area contributed by atoms with E-state index in [1.807, 2.05) is 30.3 Å². The monoisotopic (exact) mass is 416 g/mol. The van der Waals surface area contributed by atoms with E-state index in [-0.39, 0.29) is 30.4 Å². The van der Waals surface area contributed by atoms with Gasteiger partial charge in [0.15, 0.2) is 0 Å². The Morgan fingerprint density at radius 2 is 1.90 bits per heavy atom. The molecule has 8 nitrogen and oxygen atoms in total. The Kier molecular flexibility index (Phi) is 7.81. The van der Waals surface area contributed by atoms with Crippen LogP contribution in [0.3, 0.4) is 0 Å². The minimum atomic E-state index is -0.689. The van der Waals surface area contributed by atoms with Crippen molar-refractivity contribution < 1.29 is 19.5 Å². The van der Waals surface area contributed by atoms with Crippen LogP contribution in [0.2, 0.25) is 0 Å². The molecule has 2 fully saturated rings. The maximum atomic E-state index is 12.9. The smallest absolute Gasteiger partial charge is 0.245 e. The Hall–Kier alpha value is -2.45. The molecule has 0 aliphatic carbocycles. The average Bonchev–Trinajstić information content (AvgIpc) is 3.45. The number of nitrogens with zero attached hydrogens (tertiary/aromatic N) is 1. The van der Waals surface area contributed by atoms with Crippen LogP contribution in [0, 0.1) is 0 Å². The second-order valence-corrected chi connectivity index (χ2v) is 8.15. The molecule has 4 atom stereocenters. The Labute approximate surface area is 177 Å². The molecule has 2 saturated heterocycles. The van der Waals surface area contributed by atoms with Crippen molar-refractivity contribution in [1.29, 1.82) is 0 Å². The van der Waals surface area contributed by atoms with E-state index in [1.54, 1.807) is 11.8 Å². The van der Waals surface area contributed by atoms with E-state index < -0.39 is 18.1 Å². The van der Waals surface area contributed by atoms with Crippen LogP contribution in [0.15, 0.2) is 30.3 Å². The summed E-state index contributed by atoms with van der Waals surface area (Å²) < 4.78 is 0. The van der Waals surface area contributed by atoms with E-state index in [2.05, 4.69) is 16.0 Å². The van der Waals surface area contributed by atoms with Gasteiger partial charge in [-0.3, -0.25) is 14.4 Å². The minimum Gasteiger partial charge on any atom is -0.394 e. The lowest BCUT2D eigenvalue weighted by atomic mass is 10.1. The molecule has 2 heterocycles. The zero-order valence-electron chi connectivity index (χ0n) is 17.5. The number of carbonyl (C=O) groups is 3. The predicted molar refractivity (Wildman–Crippen MR) is 113 cm³/mol. The van der Waals surface area contributed by atoms with Crippen molar-refractivity contribution >= 4 is 17.7 Å². The van der Waals surface area contributed by atoms with Gasteiger partial charge >= 0.3 is 0 Å². The van der Waals surface area contributed by atoms with Crippen molar-refractivity contribution in [1.82, 2.24) is 20.9 Å². The number of likely N-dealkylation sites (tertiary alicyclic amines) is 1. The summed E-state index contributed by atoms with van der Waals surface area (Å²) in [5.41, 5.74) is 1.02. The molecule has 2 aliphatic heterocycles.